The molecule has 3 heterocycles. The summed E-state index contributed by atoms with van der Waals surface area (Å²) in [6.07, 6.45) is 4.32. The van der Waals surface area contributed by atoms with Crippen molar-refractivity contribution in [3.63, 3.8) is 0 Å². The Morgan fingerprint density at radius 2 is 1.95 bits per heavy atom. The molecule has 2 aromatic heterocycles. The van der Waals surface area contributed by atoms with Crippen molar-refractivity contribution >= 4 is 28.0 Å². The predicted molar refractivity (Wildman–Crippen MR) is 82.0 cm³/mol. The van der Waals surface area contributed by atoms with Crippen LogP contribution in [0.15, 0.2) is 29.9 Å². The number of aromatic nitrogens is 2. The third-order valence-corrected chi connectivity index (χ3v) is 4.28. The number of pyridine rings is 1. The van der Waals surface area contributed by atoms with E-state index in [9.17, 15) is 10.1 Å². The Hall–Kier alpha value is -2.22. The van der Waals surface area contributed by atoms with E-state index in [-0.39, 0.29) is 10.6 Å². The van der Waals surface area contributed by atoms with Gasteiger partial charge >= 0.3 is 5.69 Å². The Labute approximate surface area is 126 Å². The fraction of sp³-hybridized carbons (Fsp3) is 0.385. The van der Waals surface area contributed by atoms with Crippen LogP contribution in [0.3, 0.4) is 0 Å². The zero-order chi connectivity index (χ0) is 14.7. The van der Waals surface area contributed by atoms with Crippen LogP contribution in [0.25, 0.3) is 0 Å². The number of nitro groups is 1. The summed E-state index contributed by atoms with van der Waals surface area (Å²) in [5, 5.41) is 14.1. The molecule has 1 fully saturated rings. The minimum atomic E-state index is -0.369. The summed E-state index contributed by atoms with van der Waals surface area (Å²) >= 11 is 1.62. The molecule has 3 rings (SSSR count). The number of hydrogen-bond acceptors (Lipinski definition) is 7. The Morgan fingerprint density at radius 3 is 2.71 bits per heavy atom. The number of hydrogen-bond donors (Lipinski definition) is 0. The maximum Gasteiger partial charge on any atom is 0.311 e. The lowest BCUT2D eigenvalue weighted by Gasteiger charge is -2.22. The van der Waals surface area contributed by atoms with Gasteiger partial charge in [-0.2, -0.15) is 0 Å². The normalized spacial score (nSPS) is 15.8. The lowest BCUT2D eigenvalue weighted by atomic mass is 10.3. The monoisotopic (exact) mass is 305 g/mol. The van der Waals surface area contributed by atoms with Crippen LogP contribution in [0.2, 0.25) is 0 Å². The SMILES string of the molecule is O=[N+]([O-])c1cccnc1N1CCCN(c2nccs2)CC1. The van der Waals surface area contributed by atoms with Gasteiger partial charge in [0.05, 0.1) is 4.92 Å². The zero-order valence-corrected chi connectivity index (χ0v) is 12.2. The molecule has 110 valence electrons. The van der Waals surface area contributed by atoms with E-state index in [1.807, 2.05) is 10.3 Å². The van der Waals surface area contributed by atoms with Crippen LogP contribution in [0.1, 0.15) is 6.42 Å². The molecule has 1 aliphatic rings. The number of anilines is 2. The van der Waals surface area contributed by atoms with Crippen molar-refractivity contribution in [2.45, 2.75) is 6.42 Å². The van der Waals surface area contributed by atoms with Crippen molar-refractivity contribution < 1.29 is 4.92 Å². The van der Waals surface area contributed by atoms with E-state index < -0.39 is 0 Å². The minimum absolute atomic E-state index is 0.0696. The van der Waals surface area contributed by atoms with Gasteiger partial charge in [-0.05, 0) is 12.5 Å². The van der Waals surface area contributed by atoms with E-state index in [4.69, 9.17) is 0 Å². The second-order valence-electron chi connectivity index (χ2n) is 4.75. The van der Waals surface area contributed by atoms with Crippen LogP contribution in [0.5, 0.6) is 0 Å². The van der Waals surface area contributed by atoms with Gasteiger partial charge in [0, 0.05) is 50.0 Å². The molecule has 0 saturated carbocycles. The lowest BCUT2D eigenvalue weighted by molar-refractivity contribution is -0.384. The molecule has 0 radical (unpaired) electrons. The van der Waals surface area contributed by atoms with E-state index in [1.54, 1.807) is 29.8 Å². The molecule has 0 bridgehead atoms. The first-order chi connectivity index (χ1) is 10.3. The smallest absolute Gasteiger partial charge is 0.311 e. The fourth-order valence-corrected chi connectivity index (χ4v) is 3.16. The van der Waals surface area contributed by atoms with E-state index >= 15 is 0 Å². The van der Waals surface area contributed by atoms with Gasteiger partial charge in [0.25, 0.3) is 0 Å². The summed E-state index contributed by atoms with van der Waals surface area (Å²) < 4.78 is 0. The molecule has 0 spiro atoms. The quantitative estimate of drug-likeness (QED) is 0.639. The van der Waals surface area contributed by atoms with Crippen LogP contribution in [0.4, 0.5) is 16.6 Å². The van der Waals surface area contributed by atoms with Gasteiger partial charge in [-0.1, -0.05) is 0 Å². The average molecular weight is 305 g/mol. The fourth-order valence-electron chi connectivity index (χ4n) is 2.47. The maximum absolute atomic E-state index is 11.1. The molecule has 8 heteroatoms. The van der Waals surface area contributed by atoms with Gasteiger partial charge in [0.1, 0.15) is 0 Å². The molecule has 1 aliphatic heterocycles. The van der Waals surface area contributed by atoms with Crippen molar-refractivity contribution in [3.8, 4) is 0 Å². The lowest BCUT2D eigenvalue weighted by Crippen LogP contribution is -2.31. The van der Waals surface area contributed by atoms with Gasteiger partial charge in [-0.25, -0.2) is 9.97 Å². The Kier molecular flexibility index (Phi) is 3.96. The number of rotatable bonds is 3. The van der Waals surface area contributed by atoms with E-state index in [2.05, 4.69) is 14.9 Å². The summed E-state index contributed by atoms with van der Waals surface area (Å²) in [5.41, 5.74) is 0.0696. The molecule has 2 aromatic rings. The number of thiazole rings is 1. The first kappa shape index (κ1) is 13.7. The Morgan fingerprint density at radius 1 is 1.14 bits per heavy atom. The van der Waals surface area contributed by atoms with Crippen LogP contribution < -0.4 is 9.80 Å². The average Bonchev–Trinajstić information content (AvgIpc) is 2.92. The molecule has 0 N–H and O–H groups in total. The molecule has 7 nitrogen and oxygen atoms in total. The molecule has 0 amide bonds. The van der Waals surface area contributed by atoms with Crippen molar-refractivity contribution in [2.75, 3.05) is 36.0 Å². The first-order valence-corrected chi connectivity index (χ1v) is 7.62. The van der Waals surface area contributed by atoms with Crippen molar-refractivity contribution in [2.24, 2.45) is 0 Å². The van der Waals surface area contributed by atoms with E-state index in [0.29, 0.717) is 12.4 Å². The van der Waals surface area contributed by atoms with E-state index in [0.717, 1.165) is 31.2 Å². The Balaban J connectivity index is 1.78. The highest BCUT2D eigenvalue weighted by Crippen LogP contribution is 2.27. The van der Waals surface area contributed by atoms with Crippen LogP contribution in [-0.4, -0.2) is 41.1 Å². The molecular weight excluding hydrogens is 290 g/mol. The molecular formula is C13H15N5O2S. The summed E-state index contributed by atoms with van der Waals surface area (Å²) in [6.45, 7) is 3.17. The van der Waals surface area contributed by atoms with Gasteiger partial charge < -0.3 is 9.80 Å². The molecule has 0 aromatic carbocycles. The molecule has 1 saturated heterocycles. The minimum Gasteiger partial charge on any atom is -0.349 e. The van der Waals surface area contributed by atoms with Gasteiger partial charge in [-0.3, -0.25) is 10.1 Å². The van der Waals surface area contributed by atoms with Crippen molar-refractivity contribution in [3.05, 3.63) is 40.0 Å². The second kappa shape index (κ2) is 6.04. The van der Waals surface area contributed by atoms with Crippen molar-refractivity contribution in [1.82, 2.24) is 9.97 Å². The Bertz CT molecular complexity index is 619. The van der Waals surface area contributed by atoms with Crippen LogP contribution >= 0.6 is 11.3 Å². The highest BCUT2D eigenvalue weighted by molar-refractivity contribution is 7.13. The largest absolute Gasteiger partial charge is 0.349 e. The topological polar surface area (TPSA) is 75.4 Å². The molecule has 21 heavy (non-hydrogen) atoms. The zero-order valence-electron chi connectivity index (χ0n) is 11.4. The van der Waals surface area contributed by atoms with E-state index in [1.165, 1.54) is 6.07 Å². The summed E-state index contributed by atoms with van der Waals surface area (Å²) in [5.74, 6) is 0.462. The third-order valence-electron chi connectivity index (χ3n) is 3.45. The van der Waals surface area contributed by atoms with Gasteiger partial charge in [0.15, 0.2) is 5.13 Å². The maximum atomic E-state index is 11.1. The standard InChI is InChI=1S/C13H15N5O2S/c19-18(20)11-3-1-4-14-12(11)16-6-2-7-17(9-8-16)13-15-5-10-21-13/h1,3-5,10H,2,6-9H2. The predicted octanol–water partition coefficient (Wildman–Crippen LogP) is 2.16. The third kappa shape index (κ3) is 2.94. The molecule has 0 unspecified atom stereocenters. The second-order valence-corrected chi connectivity index (χ2v) is 5.62. The number of nitrogens with zero attached hydrogens (tertiary/aromatic N) is 5. The van der Waals surface area contributed by atoms with Crippen molar-refractivity contribution in [1.29, 1.82) is 0 Å². The summed E-state index contributed by atoms with van der Waals surface area (Å²) in [7, 11) is 0. The van der Waals surface area contributed by atoms with Gasteiger partial charge in [-0.15, -0.1) is 11.3 Å². The highest BCUT2D eigenvalue weighted by atomic mass is 32.1. The van der Waals surface area contributed by atoms with Crippen LogP contribution in [-0.2, 0) is 0 Å². The molecule has 0 atom stereocenters. The highest BCUT2D eigenvalue weighted by Gasteiger charge is 2.23. The summed E-state index contributed by atoms with van der Waals surface area (Å²) in [4.78, 5) is 23.5. The van der Waals surface area contributed by atoms with Gasteiger partial charge in [0.2, 0.25) is 5.82 Å². The summed E-state index contributed by atoms with van der Waals surface area (Å²) in [6, 6.07) is 3.10. The first-order valence-electron chi connectivity index (χ1n) is 6.74. The van der Waals surface area contributed by atoms with Crippen LogP contribution in [0, 0.1) is 10.1 Å². The molecule has 0 aliphatic carbocycles.